The van der Waals surface area contributed by atoms with Crippen LogP contribution < -0.4 is 16.4 Å². The lowest BCUT2D eigenvalue weighted by atomic mass is 10.1. The van der Waals surface area contributed by atoms with E-state index in [4.69, 9.17) is 11.5 Å². The molecule has 0 aromatic heterocycles. The Morgan fingerprint density at radius 2 is 2.17 bits per heavy atom. The zero-order chi connectivity index (χ0) is 13.9. The lowest BCUT2D eigenvalue weighted by Gasteiger charge is -2.21. The molecule has 0 radical (unpaired) electrons. The van der Waals surface area contributed by atoms with Crippen molar-refractivity contribution < 1.29 is 14.3 Å². The number of aliphatic hydroxyl groups excluding tert-OH is 1. The van der Waals surface area contributed by atoms with E-state index in [-0.39, 0.29) is 16.9 Å². The third kappa shape index (κ3) is 3.33. The van der Waals surface area contributed by atoms with E-state index in [1.54, 1.807) is 18.9 Å². The number of nitrogen functional groups attached to an aromatic ring is 1. The zero-order valence-electron chi connectivity index (χ0n) is 10.5. The Balaban J connectivity index is 3.01. The highest BCUT2D eigenvalue weighted by atomic mass is 19.1. The predicted molar refractivity (Wildman–Crippen MR) is 68.9 cm³/mol. The maximum Gasteiger partial charge on any atom is 0.250 e. The molecule has 1 aromatic carbocycles. The normalized spacial score (nSPS) is 12.2. The van der Waals surface area contributed by atoms with Crippen LogP contribution in [0.5, 0.6) is 0 Å². The Kier molecular flexibility index (Phi) is 4.49. The Hall–Kier alpha value is -1.82. The number of amides is 1. The minimum absolute atomic E-state index is 0.0210. The zero-order valence-corrected chi connectivity index (χ0v) is 10.5. The van der Waals surface area contributed by atoms with Crippen LogP contribution in [0.3, 0.4) is 0 Å². The molecule has 0 bridgehead atoms. The van der Waals surface area contributed by atoms with Gasteiger partial charge in [0.15, 0.2) is 0 Å². The number of aliphatic hydroxyl groups is 1. The first-order chi connectivity index (χ1) is 8.32. The van der Waals surface area contributed by atoms with Crippen molar-refractivity contribution in [3.63, 3.8) is 0 Å². The summed E-state index contributed by atoms with van der Waals surface area (Å²) < 4.78 is 13.7. The molecule has 1 rings (SSSR count). The second-order valence-electron chi connectivity index (χ2n) is 4.31. The maximum absolute atomic E-state index is 13.7. The fraction of sp³-hybridized carbons (Fsp3) is 0.417. The van der Waals surface area contributed by atoms with Crippen molar-refractivity contribution in [2.75, 3.05) is 24.2 Å². The van der Waals surface area contributed by atoms with Gasteiger partial charge in [-0.05, 0) is 25.5 Å². The highest BCUT2D eigenvalue weighted by Gasteiger charge is 2.14. The monoisotopic (exact) mass is 255 g/mol. The van der Waals surface area contributed by atoms with Crippen molar-refractivity contribution in [1.29, 1.82) is 0 Å². The average molecular weight is 255 g/mol. The Bertz CT molecular complexity index is 449. The largest absolute Gasteiger partial charge is 0.398 e. The molecule has 1 aromatic rings. The third-order valence-corrected chi connectivity index (χ3v) is 2.68. The molecule has 100 valence electrons. The van der Waals surface area contributed by atoms with Gasteiger partial charge in [-0.3, -0.25) is 4.79 Å². The summed E-state index contributed by atoms with van der Waals surface area (Å²) in [6.45, 7) is 2.11. The number of anilines is 2. The molecule has 0 spiro atoms. The number of carbonyl (C=O) groups is 1. The predicted octanol–water partition coefficient (Wildman–Crippen LogP) is 0.714. The van der Waals surface area contributed by atoms with E-state index in [1.165, 1.54) is 6.07 Å². The van der Waals surface area contributed by atoms with E-state index in [9.17, 15) is 14.3 Å². The molecule has 0 saturated heterocycles. The number of nitrogens with zero attached hydrogens (tertiary/aromatic N) is 1. The maximum atomic E-state index is 13.7. The first kappa shape index (κ1) is 14.2. The molecule has 5 N–H and O–H groups in total. The van der Waals surface area contributed by atoms with Crippen LogP contribution >= 0.6 is 0 Å². The number of benzene rings is 1. The summed E-state index contributed by atoms with van der Waals surface area (Å²) in [6.07, 6.45) is 0.0200. The molecule has 0 aliphatic heterocycles. The van der Waals surface area contributed by atoms with Crippen LogP contribution in [0.4, 0.5) is 15.8 Å². The van der Waals surface area contributed by atoms with Crippen LogP contribution in [-0.2, 0) is 0 Å². The van der Waals surface area contributed by atoms with Gasteiger partial charge in [-0.1, -0.05) is 0 Å². The number of hydrogen-bond donors (Lipinski definition) is 3. The van der Waals surface area contributed by atoms with Crippen molar-refractivity contribution in [3.8, 4) is 0 Å². The number of nitrogens with two attached hydrogens (primary N) is 2. The van der Waals surface area contributed by atoms with E-state index in [0.29, 0.717) is 13.0 Å². The van der Waals surface area contributed by atoms with Crippen molar-refractivity contribution in [1.82, 2.24) is 0 Å². The smallest absolute Gasteiger partial charge is 0.250 e. The Labute approximate surface area is 105 Å². The molecule has 0 saturated carbocycles. The first-order valence-corrected chi connectivity index (χ1v) is 5.61. The summed E-state index contributed by atoms with van der Waals surface area (Å²) in [5.41, 5.74) is 11.0. The highest BCUT2D eigenvalue weighted by Crippen LogP contribution is 2.24. The van der Waals surface area contributed by atoms with Crippen LogP contribution in [0.15, 0.2) is 12.1 Å². The van der Waals surface area contributed by atoms with Crippen LogP contribution in [0.2, 0.25) is 0 Å². The standard InChI is InChI=1S/C12H18FN3O2/c1-7(17)3-4-16(2)11-5-8(12(15)18)10(14)6-9(11)13/h5-7,17H,3-4,14H2,1-2H3,(H2,15,18). The average Bonchev–Trinajstić information content (AvgIpc) is 2.25. The van der Waals surface area contributed by atoms with Crippen molar-refractivity contribution in [2.45, 2.75) is 19.4 Å². The van der Waals surface area contributed by atoms with Gasteiger partial charge < -0.3 is 21.5 Å². The van der Waals surface area contributed by atoms with Gasteiger partial charge in [0.1, 0.15) is 5.82 Å². The Morgan fingerprint density at radius 3 is 2.67 bits per heavy atom. The summed E-state index contributed by atoms with van der Waals surface area (Å²) in [5.74, 6) is -1.22. The van der Waals surface area contributed by atoms with Gasteiger partial charge in [0.2, 0.25) is 0 Å². The topological polar surface area (TPSA) is 92.6 Å². The third-order valence-electron chi connectivity index (χ3n) is 2.68. The van der Waals surface area contributed by atoms with Gasteiger partial charge in [-0.15, -0.1) is 0 Å². The van der Waals surface area contributed by atoms with Gasteiger partial charge in [-0.25, -0.2) is 4.39 Å². The molecule has 18 heavy (non-hydrogen) atoms. The molecule has 1 amide bonds. The summed E-state index contributed by atoms with van der Waals surface area (Å²) in [6, 6.07) is 2.41. The van der Waals surface area contributed by atoms with Gasteiger partial charge in [0, 0.05) is 19.3 Å². The lowest BCUT2D eigenvalue weighted by Crippen LogP contribution is -2.24. The van der Waals surface area contributed by atoms with Crippen LogP contribution in [-0.4, -0.2) is 30.7 Å². The summed E-state index contributed by atoms with van der Waals surface area (Å²) in [7, 11) is 1.67. The first-order valence-electron chi connectivity index (χ1n) is 5.61. The molecule has 1 atom stereocenters. The number of rotatable bonds is 5. The minimum Gasteiger partial charge on any atom is -0.398 e. The fourth-order valence-corrected chi connectivity index (χ4v) is 1.58. The number of carbonyl (C=O) groups excluding carboxylic acids is 1. The van der Waals surface area contributed by atoms with Crippen molar-refractivity contribution >= 4 is 17.3 Å². The number of hydrogen-bond acceptors (Lipinski definition) is 4. The van der Waals surface area contributed by atoms with Gasteiger partial charge in [0.25, 0.3) is 5.91 Å². The molecule has 6 heteroatoms. The van der Waals surface area contributed by atoms with E-state index in [2.05, 4.69) is 0 Å². The Morgan fingerprint density at radius 1 is 1.56 bits per heavy atom. The van der Waals surface area contributed by atoms with E-state index in [0.717, 1.165) is 6.07 Å². The lowest BCUT2D eigenvalue weighted by molar-refractivity contribution is 0.100. The molecular formula is C12H18FN3O2. The van der Waals surface area contributed by atoms with Crippen LogP contribution in [0.1, 0.15) is 23.7 Å². The highest BCUT2D eigenvalue weighted by molar-refractivity contribution is 5.99. The van der Waals surface area contributed by atoms with Crippen molar-refractivity contribution in [3.05, 3.63) is 23.5 Å². The molecule has 0 fully saturated rings. The summed E-state index contributed by atoms with van der Waals surface area (Å²) in [5, 5.41) is 9.19. The molecule has 0 heterocycles. The van der Waals surface area contributed by atoms with E-state index in [1.807, 2.05) is 0 Å². The van der Waals surface area contributed by atoms with E-state index >= 15 is 0 Å². The van der Waals surface area contributed by atoms with Crippen LogP contribution in [0.25, 0.3) is 0 Å². The summed E-state index contributed by atoms with van der Waals surface area (Å²) in [4.78, 5) is 12.7. The van der Waals surface area contributed by atoms with Crippen LogP contribution in [0, 0.1) is 5.82 Å². The molecule has 0 aliphatic carbocycles. The molecular weight excluding hydrogens is 237 g/mol. The minimum atomic E-state index is -0.697. The molecule has 5 nitrogen and oxygen atoms in total. The van der Waals surface area contributed by atoms with E-state index < -0.39 is 17.8 Å². The second kappa shape index (κ2) is 5.68. The molecule has 0 aliphatic rings. The number of halogens is 1. The SMILES string of the molecule is CC(O)CCN(C)c1cc(C(N)=O)c(N)cc1F. The number of primary amides is 1. The van der Waals surface area contributed by atoms with Gasteiger partial charge in [0.05, 0.1) is 17.4 Å². The molecule has 1 unspecified atom stereocenters. The quantitative estimate of drug-likeness (QED) is 0.676. The van der Waals surface area contributed by atoms with Gasteiger partial charge >= 0.3 is 0 Å². The second-order valence-corrected chi connectivity index (χ2v) is 4.31. The fourth-order valence-electron chi connectivity index (χ4n) is 1.58. The summed E-state index contributed by atoms with van der Waals surface area (Å²) >= 11 is 0. The van der Waals surface area contributed by atoms with Crippen molar-refractivity contribution in [2.24, 2.45) is 5.73 Å². The van der Waals surface area contributed by atoms with Gasteiger partial charge in [-0.2, -0.15) is 0 Å².